The van der Waals surface area contributed by atoms with Gasteiger partial charge in [-0.05, 0) is 60.2 Å². The molecule has 4 nitrogen and oxygen atoms in total. The van der Waals surface area contributed by atoms with Crippen molar-refractivity contribution in [1.82, 2.24) is 0 Å². The van der Waals surface area contributed by atoms with Crippen molar-refractivity contribution < 1.29 is 32.5 Å². The monoisotopic (exact) mass is 410 g/mol. The zero-order chi connectivity index (χ0) is 21.6. The van der Waals surface area contributed by atoms with E-state index in [1.54, 1.807) is 18.2 Å². The van der Waals surface area contributed by atoms with E-state index in [9.17, 15) is 18.0 Å². The highest BCUT2D eigenvalue weighted by molar-refractivity contribution is 5.67. The van der Waals surface area contributed by atoms with Gasteiger partial charge >= 0.3 is 12.1 Å². The van der Waals surface area contributed by atoms with E-state index in [4.69, 9.17) is 14.6 Å². The first-order valence-corrected chi connectivity index (χ1v) is 9.45. The molecule has 0 saturated heterocycles. The maximum absolute atomic E-state index is 13.1. The highest BCUT2D eigenvalue weighted by Gasteiger charge is 2.31. The molecule has 0 amide bonds. The van der Waals surface area contributed by atoms with Crippen LogP contribution in [-0.4, -0.2) is 17.7 Å². The van der Waals surface area contributed by atoms with Crippen molar-refractivity contribution in [3.8, 4) is 17.2 Å². The Hall–Kier alpha value is -2.70. The van der Waals surface area contributed by atoms with Gasteiger partial charge in [-0.15, -0.1) is 0 Å². The van der Waals surface area contributed by atoms with E-state index in [1.807, 2.05) is 20.8 Å². The van der Waals surface area contributed by atoms with Crippen molar-refractivity contribution in [2.24, 2.45) is 5.92 Å². The molecule has 0 heterocycles. The van der Waals surface area contributed by atoms with Gasteiger partial charge in [0.1, 0.15) is 5.75 Å². The molecule has 2 rings (SSSR count). The van der Waals surface area contributed by atoms with Gasteiger partial charge in [-0.2, -0.15) is 13.2 Å². The van der Waals surface area contributed by atoms with Crippen LogP contribution in [0.2, 0.25) is 0 Å². The SMILES string of the molecule is CCc1cc(Oc2ccc(C(F)(F)F)cc2OCC(C)C)ccc1CCC(=O)O. The molecular formula is C22H25F3O4. The minimum Gasteiger partial charge on any atom is -0.489 e. The Balaban J connectivity index is 2.30. The molecule has 0 radical (unpaired) electrons. The summed E-state index contributed by atoms with van der Waals surface area (Å²) in [6.07, 6.45) is -3.37. The minimum atomic E-state index is -4.48. The van der Waals surface area contributed by atoms with Crippen molar-refractivity contribution in [3.63, 3.8) is 0 Å². The smallest absolute Gasteiger partial charge is 0.416 e. The van der Waals surface area contributed by atoms with Crippen LogP contribution in [0.4, 0.5) is 13.2 Å². The maximum atomic E-state index is 13.1. The van der Waals surface area contributed by atoms with E-state index < -0.39 is 17.7 Å². The number of carboxylic acids is 1. The van der Waals surface area contributed by atoms with Gasteiger partial charge in [-0.3, -0.25) is 4.79 Å². The fourth-order valence-electron chi connectivity index (χ4n) is 2.75. The topological polar surface area (TPSA) is 55.8 Å². The van der Waals surface area contributed by atoms with Gasteiger partial charge in [0.25, 0.3) is 0 Å². The normalized spacial score (nSPS) is 11.6. The molecule has 0 atom stereocenters. The average Bonchev–Trinajstić information content (AvgIpc) is 2.64. The number of alkyl halides is 3. The van der Waals surface area contributed by atoms with Crippen LogP contribution in [0, 0.1) is 5.92 Å². The van der Waals surface area contributed by atoms with Crippen LogP contribution in [0.15, 0.2) is 36.4 Å². The molecule has 0 aliphatic heterocycles. The second-order valence-corrected chi connectivity index (χ2v) is 7.14. The lowest BCUT2D eigenvalue weighted by molar-refractivity contribution is -0.138. The Morgan fingerprint density at radius 1 is 1.07 bits per heavy atom. The summed E-state index contributed by atoms with van der Waals surface area (Å²) in [7, 11) is 0. The van der Waals surface area contributed by atoms with Crippen molar-refractivity contribution in [3.05, 3.63) is 53.1 Å². The number of benzene rings is 2. The van der Waals surface area contributed by atoms with Gasteiger partial charge in [-0.25, -0.2) is 0 Å². The molecule has 29 heavy (non-hydrogen) atoms. The molecule has 2 aromatic carbocycles. The summed E-state index contributed by atoms with van der Waals surface area (Å²) in [5.41, 5.74) is 1.04. The third-order valence-electron chi connectivity index (χ3n) is 4.24. The predicted molar refractivity (Wildman–Crippen MR) is 104 cm³/mol. The van der Waals surface area contributed by atoms with E-state index in [0.29, 0.717) is 18.6 Å². The molecule has 1 N–H and O–H groups in total. The lowest BCUT2D eigenvalue weighted by atomic mass is 10.0. The minimum absolute atomic E-state index is 0.0271. The van der Waals surface area contributed by atoms with Gasteiger partial charge in [0.15, 0.2) is 11.5 Å². The quantitative estimate of drug-likeness (QED) is 0.542. The number of carbonyl (C=O) groups is 1. The van der Waals surface area contributed by atoms with Crippen LogP contribution >= 0.6 is 0 Å². The first-order chi connectivity index (χ1) is 13.6. The van der Waals surface area contributed by atoms with E-state index in [-0.39, 0.29) is 30.4 Å². The van der Waals surface area contributed by atoms with Crippen LogP contribution in [0.1, 0.15) is 43.9 Å². The molecule has 0 aromatic heterocycles. The number of hydrogen-bond acceptors (Lipinski definition) is 3. The summed E-state index contributed by atoms with van der Waals surface area (Å²) < 4.78 is 50.6. The largest absolute Gasteiger partial charge is 0.489 e. The third kappa shape index (κ3) is 6.69. The summed E-state index contributed by atoms with van der Waals surface area (Å²) in [6.45, 7) is 6.00. The number of ether oxygens (including phenoxy) is 2. The molecule has 0 unspecified atom stereocenters. The fraction of sp³-hybridized carbons (Fsp3) is 0.409. The molecule has 0 aliphatic rings. The maximum Gasteiger partial charge on any atom is 0.416 e. The second-order valence-electron chi connectivity index (χ2n) is 7.14. The predicted octanol–water partition coefficient (Wildman–Crippen LogP) is 6.11. The highest BCUT2D eigenvalue weighted by atomic mass is 19.4. The molecule has 0 saturated carbocycles. The Morgan fingerprint density at radius 3 is 2.38 bits per heavy atom. The van der Waals surface area contributed by atoms with Crippen molar-refractivity contribution in [1.29, 1.82) is 0 Å². The average molecular weight is 410 g/mol. The summed E-state index contributed by atoms with van der Waals surface area (Å²) in [5, 5.41) is 8.87. The number of carboxylic acid groups (broad SMARTS) is 1. The number of aryl methyl sites for hydroxylation is 2. The molecule has 0 spiro atoms. The van der Waals surface area contributed by atoms with Crippen LogP contribution in [0.3, 0.4) is 0 Å². The number of halogens is 3. The molecule has 0 bridgehead atoms. The van der Waals surface area contributed by atoms with Crippen molar-refractivity contribution >= 4 is 5.97 Å². The Morgan fingerprint density at radius 2 is 1.79 bits per heavy atom. The van der Waals surface area contributed by atoms with Gasteiger partial charge in [0, 0.05) is 6.42 Å². The Labute approximate surface area is 168 Å². The highest BCUT2D eigenvalue weighted by Crippen LogP contribution is 2.38. The summed E-state index contributed by atoms with van der Waals surface area (Å²) in [6, 6.07) is 8.40. The Bertz CT molecular complexity index is 844. The third-order valence-corrected chi connectivity index (χ3v) is 4.24. The van der Waals surface area contributed by atoms with Crippen LogP contribution in [0.25, 0.3) is 0 Å². The summed E-state index contributed by atoms with van der Waals surface area (Å²) >= 11 is 0. The van der Waals surface area contributed by atoms with Gasteiger partial charge in [-0.1, -0.05) is 26.8 Å². The van der Waals surface area contributed by atoms with Crippen LogP contribution in [0.5, 0.6) is 17.2 Å². The molecule has 0 fully saturated rings. The molecule has 0 aliphatic carbocycles. The van der Waals surface area contributed by atoms with Crippen LogP contribution in [-0.2, 0) is 23.8 Å². The fourth-order valence-corrected chi connectivity index (χ4v) is 2.75. The molecule has 2 aromatic rings. The molecule has 7 heteroatoms. The lowest BCUT2D eigenvalue weighted by Gasteiger charge is -2.17. The van der Waals surface area contributed by atoms with Crippen molar-refractivity contribution in [2.45, 2.75) is 46.2 Å². The molecular weight excluding hydrogens is 385 g/mol. The van der Waals surface area contributed by atoms with E-state index >= 15 is 0 Å². The van der Waals surface area contributed by atoms with Crippen LogP contribution < -0.4 is 9.47 Å². The van der Waals surface area contributed by atoms with Gasteiger partial charge in [0.05, 0.1) is 12.2 Å². The second kappa shape index (κ2) is 9.67. The number of rotatable bonds is 9. The van der Waals surface area contributed by atoms with E-state index in [0.717, 1.165) is 23.3 Å². The summed E-state index contributed by atoms with van der Waals surface area (Å²) in [5.74, 6) is -0.0581. The molecule has 158 valence electrons. The zero-order valence-corrected chi connectivity index (χ0v) is 16.7. The Kier molecular flexibility index (Phi) is 7.53. The first kappa shape index (κ1) is 22.6. The number of hydrogen-bond donors (Lipinski definition) is 1. The number of aliphatic carboxylic acids is 1. The van der Waals surface area contributed by atoms with E-state index in [2.05, 4.69) is 0 Å². The van der Waals surface area contributed by atoms with Crippen molar-refractivity contribution in [2.75, 3.05) is 6.61 Å². The zero-order valence-electron chi connectivity index (χ0n) is 16.7. The standard InChI is InChI=1S/C22H25F3O4/c1-4-15-11-18(8-5-16(15)6-10-21(26)27)29-19-9-7-17(22(23,24)25)12-20(19)28-13-14(2)3/h5,7-9,11-12,14H,4,6,10,13H2,1-3H3,(H,26,27). The van der Waals surface area contributed by atoms with Gasteiger partial charge in [0.2, 0.25) is 0 Å². The summed E-state index contributed by atoms with van der Waals surface area (Å²) in [4.78, 5) is 10.8. The first-order valence-electron chi connectivity index (χ1n) is 9.45. The lowest BCUT2D eigenvalue weighted by Crippen LogP contribution is -2.09. The van der Waals surface area contributed by atoms with E-state index in [1.165, 1.54) is 6.07 Å². The van der Waals surface area contributed by atoms with Gasteiger partial charge < -0.3 is 14.6 Å².